The Bertz CT molecular complexity index is 1200. The summed E-state index contributed by atoms with van der Waals surface area (Å²) < 4.78 is 39.7. The number of hydrogen-bond donors (Lipinski definition) is 1. The fourth-order valence-electron chi connectivity index (χ4n) is 4.46. The van der Waals surface area contributed by atoms with Gasteiger partial charge in [0.05, 0.1) is 11.2 Å². The van der Waals surface area contributed by atoms with Crippen LogP contribution in [0.4, 0.5) is 13.2 Å². The number of rotatable bonds is 3. The maximum Gasteiger partial charge on any atom is 0.416 e. The van der Waals surface area contributed by atoms with Crippen molar-refractivity contribution < 1.29 is 18.3 Å². The minimum absolute atomic E-state index is 0.569. The van der Waals surface area contributed by atoms with Crippen LogP contribution < -0.4 is 0 Å². The Hall–Kier alpha value is -3.29. The molecule has 1 aliphatic rings. The van der Waals surface area contributed by atoms with Gasteiger partial charge in [-0.05, 0) is 55.2 Å². The highest BCUT2D eigenvalue weighted by Crippen LogP contribution is 2.41. The average molecular weight is 461 g/mol. The van der Waals surface area contributed by atoms with Crippen LogP contribution in [0.25, 0.3) is 5.57 Å². The maximum absolute atomic E-state index is 13.2. The van der Waals surface area contributed by atoms with Crippen molar-refractivity contribution in [2.75, 3.05) is 0 Å². The lowest BCUT2D eigenvalue weighted by molar-refractivity contribution is -0.137. The second kappa shape index (κ2) is 9.91. The summed E-state index contributed by atoms with van der Waals surface area (Å²) >= 11 is 0. The summed E-state index contributed by atoms with van der Waals surface area (Å²) in [5, 5.41) is 11.8. The highest BCUT2D eigenvalue weighted by Gasteiger charge is 2.36. The molecule has 0 unspecified atom stereocenters. The largest absolute Gasteiger partial charge is 0.416 e. The van der Waals surface area contributed by atoms with Gasteiger partial charge in [0.15, 0.2) is 0 Å². The van der Waals surface area contributed by atoms with Crippen LogP contribution in [0.3, 0.4) is 0 Å². The Morgan fingerprint density at radius 2 is 1.35 bits per heavy atom. The third-order valence-corrected chi connectivity index (χ3v) is 6.34. The predicted molar refractivity (Wildman–Crippen MR) is 130 cm³/mol. The molecule has 0 heterocycles. The maximum atomic E-state index is 13.2. The van der Waals surface area contributed by atoms with Gasteiger partial charge in [-0.2, -0.15) is 13.2 Å². The van der Waals surface area contributed by atoms with Gasteiger partial charge in [-0.3, -0.25) is 0 Å². The average Bonchev–Trinajstić information content (AvgIpc) is 2.83. The van der Waals surface area contributed by atoms with Crippen molar-refractivity contribution in [2.45, 2.75) is 50.8 Å². The monoisotopic (exact) mass is 460 g/mol. The molecule has 1 aliphatic carbocycles. The van der Waals surface area contributed by atoms with Crippen molar-refractivity contribution in [1.82, 2.24) is 0 Å². The normalized spacial score (nSPS) is 16.3. The fraction of sp³-hybridized carbons (Fsp3) is 0.267. The molecule has 0 aromatic heterocycles. The molecule has 0 aliphatic heterocycles. The fourth-order valence-corrected chi connectivity index (χ4v) is 4.46. The van der Waals surface area contributed by atoms with Crippen LogP contribution in [0, 0.1) is 18.8 Å². The molecule has 1 N–H and O–H groups in total. The molecule has 4 heteroatoms. The summed E-state index contributed by atoms with van der Waals surface area (Å²) in [6.45, 7) is 1.98. The summed E-state index contributed by atoms with van der Waals surface area (Å²) in [6, 6.07) is 22.5. The van der Waals surface area contributed by atoms with Gasteiger partial charge < -0.3 is 5.11 Å². The van der Waals surface area contributed by atoms with E-state index in [0.717, 1.165) is 48.1 Å². The molecule has 0 bridgehead atoms. The van der Waals surface area contributed by atoms with Crippen LogP contribution >= 0.6 is 0 Å². The highest BCUT2D eigenvalue weighted by atomic mass is 19.4. The van der Waals surface area contributed by atoms with Crippen molar-refractivity contribution in [2.24, 2.45) is 0 Å². The zero-order chi connectivity index (χ0) is 24.2. The molecular weight excluding hydrogens is 433 g/mol. The quantitative estimate of drug-likeness (QED) is 0.400. The highest BCUT2D eigenvalue weighted by molar-refractivity contribution is 5.86. The molecule has 0 saturated heterocycles. The topological polar surface area (TPSA) is 20.2 Å². The van der Waals surface area contributed by atoms with Crippen molar-refractivity contribution in [1.29, 1.82) is 0 Å². The molecule has 4 rings (SSSR count). The summed E-state index contributed by atoms with van der Waals surface area (Å²) in [4.78, 5) is 0. The van der Waals surface area contributed by atoms with Crippen molar-refractivity contribution in [3.05, 3.63) is 112 Å². The molecule has 1 nitrogen and oxygen atoms in total. The van der Waals surface area contributed by atoms with Crippen LogP contribution in [0.5, 0.6) is 0 Å². The Labute approximate surface area is 199 Å². The molecule has 3 aromatic carbocycles. The number of aryl methyl sites for hydroxylation is 1. The van der Waals surface area contributed by atoms with E-state index in [1.807, 2.05) is 61.5 Å². The number of alkyl halides is 3. The first kappa shape index (κ1) is 23.9. The third kappa shape index (κ3) is 5.43. The second-order valence-corrected chi connectivity index (χ2v) is 8.90. The number of hydrogen-bond acceptors (Lipinski definition) is 1. The molecule has 0 radical (unpaired) electrons. The second-order valence-electron chi connectivity index (χ2n) is 8.90. The lowest BCUT2D eigenvalue weighted by Crippen LogP contribution is -2.34. The van der Waals surface area contributed by atoms with Gasteiger partial charge in [-0.25, -0.2) is 0 Å². The molecule has 0 amide bonds. The van der Waals surface area contributed by atoms with E-state index in [2.05, 4.69) is 11.8 Å². The Kier molecular flexibility index (Phi) is 6.95. The lowest BCUT2D eigenvalue weighted by atomic mass is 9.75. The van der Waals surface area contributed by atoms with Gasteiger partial charge in [0.2, 0.25) is 0 Å². The van der Waals surface area contributed by atoms with Gasteiger partial charge in [0.1, 0.15) is 0 Å². The van der Waals surface area contributed by atoms with Crippen molar-refractivity contribution in [3.63, 3.8) is 0 Å². The number of benzene rings is 3. The van der Waals surface area contributed by atoms with E-state index in [0.29, 0.717) is 29.6 Å². The predicted octanol–water partition coefficient (Wildman–Crippen LogP) is 7.56. The Balaban J connectivity index is 1.97. The zero-order valence-corrected chi connectivity index (χ0v) is 19.1. The third-order valence-electron chi connectivity index (χ3n) is 6.34. The van der Waals surface area contributed by atoms with E-state index in [4.69, 9.17) is 0 Å². The van der Waals surface area contributed by atoms with E-state index in [9.17, 15) is 18.3 Å². The SMILES string of the molecule is Cc1ccc(/C(=C(\C#Cc2ccccc2)C2(O)CCCCC2)c2ccc(C(F)(F)F)cc2)cc1. The number of aliphatic hydroxyl groups is 1. The smallest absolute Gasteiger partial charge is 0.384 e. The first-order chi connectivity index (χ1) is 16.3. The molecule has 3 aromatic rings. The van der Waals surface area contributed by atoms with E-state index in [-0.39, 0.29) is 0 Å². The summed E-state index contributed by atoms with van der Waals surface area (Å²) in [5.74, 6) is 6.45. The van der Waals surface area contributed by atoms with Crippen LogP contribution in [-0.2, 0) is 6.18 Å². The standard InChI is InChI=1S/C30H27F3O/c1-22-10-13-24(14-11-22)28(25-15-17-26(18-16-25)30(31,32)33)27(29(34)20-6-3-7-21-29)19-12-23-8-4-2-5-9-23/h2,4-5,8-11,13-18,34H,3,6-7,20-21H2,1H3/b28-27-. The molecule has 34 heavy (non-hydrogen) atoms. The molecule has 174 valence electrons. The zero-order valence-electron chi connectivity index (χ0n) is 19.1. The van der Waals surface area contributed by atoms with E-state index in [1.165, 1.54) is 12.1 Å². The van der Waals surface area contributed by atoms with Gasteiger partial charge in [-0.15, -0.1) is 0 Å². The summed E-state index contributed by atoms with van der Waals surface area (Å²) in [6.07, 6.45) is -0.475. The number of halogens is 3. The summed E-state index contributed by atoms with van der Waals surface area (Å²) in [7, 11) is 0. The molecule has 1 saturated carbocycles. The minimum Gasteiger partial charge on any atom is -0.384 e. The van der Waals surface area contributed by atoms with E-state index in [1.54, 1.807) is 0 Å². The molecule has 0 spiro atoms. The van der Waals surface area contributed by atoms with Crippen molar-refractivity contribution >= 4 is 5.57 Å². The minimum atomic E-state index is -4.41. The van der Waals surface area contributed by atoms with Gasteiger partial charge in [-0.1, -0.05) is 91.3 Å². The van der Waals surface area contributed by atoms with Crippen LogP contribution in [0.1, 0.15) is 59.9 Å². The molecule has 0 atom stereocenters. The van der Waals surface area contributed by atoms with E-state index >= 15 is 0 Å². The first-order valence-electron chi connectivity index (χ1n) is 11.6. The first-order valence-corrected chi connectivity index (χ1v) is 11.6. The van der Waals surface area contributed by atoms with E-state index < -0.39 is 17.3 Å². The Morgan fingerprint density at radius 3 is 1.91 bits per heavy atom. The summed E-state index contributed by atoms with van der Waals surface area (Å²) in [5.41, 5.74) is 2.73. The molecule has 1 fully saturated rings. The van der Waals surface area contributed by atoms with Crippen LogP contribution in [0.2, 0.25) is 0 Å². The van der Waals surface area contributed by atoms with Crippen LogP contribution in [-0.4, -0.2) is 10.7 Å². The lowest BCUT2D eigenvalue weighted by Gasteiger charge is -2.34. The van der Waals surface area contributed by atoms with Gasteiger partial charge >= 0.3 is 6.18 Å². The van der Waals surface area contributed by atoms with Crippen LogP contribution in [0.15, 0.2) is 84.4 Å². The van der Waals surface area contributed by atoms with Gasteiger partial charge in [0, 0.05) is 16.7 Å². The molecular formula is C30H27F3O. The van der Waals surface area contributed by atoms with Crippen molar-refractivity contribution in [3.8, 4) is 11.8 Å². The Morgan fingerprint density at radius 1 is 0.794 bits per heavy atom. The van der Waals surface area contributed by atoms with Gasteiger partial charge in [0.25, 0.3) is 0 Å².